The van der Waals surface area contributed by atoms with E-state index in [0.717, 1.165) is 11.8 Å². The standard InChI is InChI=1S/C25H38/c1-15-16(2)18(4)22-19(17(15)3)14-21-24(7)12-9-11-23(5,6)20(24)10-13-25(21,22)8/h20-21H,9-14H2,1-8H3/t20-,21?,24-,25?/m0/s1. The van der Waals surface area contributed by atoms with Gasteiger partial charge in [-0.1, -0.05) is 34.1 Å². The number of rotatable bonds is 0. The predicted octanol–water partition coefficient (Wildman–Crippen LogP) is 6.98. The summed E-state index contributed by atoms with van der Waals surface area (Å²) in [6.45, 7) is 19.9. The molecule has 0 heterocycles. The lowest BCUT2D eigenvalue weighted by Crippen LogP contribution is -2.55. The van der Waals surface area contributed by atoms with Gasteiger partial charge in [0.05, 0.1) is 0 Å². The second-order valence-electron chi connectivity index (χ2n) is 11.0. The topological polar surface area (TPSA) is 0 Å². The van der Waals surface area contributed by atoms with Crippen LogP contribution in [0.15, 0.2) is 0 Å². The molecule has 4 rings (SSSR count). The van der Waals surface area contributed by atoms with E-state index in [2.05, 4.69) is 55.4 Å². The molecule has 0 saturated heterocycles. The summed E-state index contributed by atoms with van der Waals surface area (Å²) in [6, 6.07) is 0. The van der Waals surface area contributed by atoms with Crippen molar-refractivity contribution in [3.05, 3.63) is 33.4 Å². The lowest BCUT2D eigenvalue weighted by Gasteiger charge is -2.61. The van der Waals surface area contributed by atoms with Crippen molar-refractivity contribution in [2.45, 2.75) is 99.3 Å². The first-order chi connectivity index (χ1) is 11.5. The molecule has 0 bridgehead atoms. The molecule has 0 amide bonds. The van der Waals surface area contributed by atoms with Crippen molar-refractivity contribution in [1.82, 2.24) is 0 Å². The zero-order valence-corrected chi connectivity index (χ0v) is 17.9. The van der Waals surface area contributed by atoms with Gasteiger partial charge in [-0.25, -0.2) is 0 Å². The van der Waals surface area contributed by atoms with Crippen molar-refractivity contribution in [2.75, 3.05) is 0 Å². The Balaban J connectivity index is 1.90. The minimum Gasteiger partial charge on any atom is -0.0596 e. The van der Waals surface area contributed by atoms with Crippen LogP contribution in [-0.4, -0.2) is 0 Å². The Morgan fingerprint density at radius 1 is 0.720 bits per heavy atom. The molecule has 3 aliphatic carbocycles. The highest BCUT2D eigenvalue weighted by Gasteiger charge is 2.61. The summed E-state index contributed by atoms with van der Waals surface area (Å²) in [5, 5.41) is 0. The fourth-order valence-electron chi connectivity index (χ4n) is 8.03. The van der Waals surface area contributed by atoms with Gasteiger partial charge in [0.15, 0.2) is 0 Å². The van der Waals surface area contributed by atoms with E-state index < -0.39 is 0 Å². The van der Waals surface area contributed by atoms with E-state index in [1.807, 2.05) is 0 Å². The molecule has 0 aromatic heterocycles. The summed E-state index contributed by atoms with van der Waals surface area (Å²) in [4.78, 5) is 0. The van der Waals surface area contributed by atoms with E-state index in [4.69, 9.17) is 0 Å². The van der Waals surface area contributed by atoms with Gasteiger partial charge in [-0.15, -0.1) is 0 Å². The second-order valence-corrected chi connectivity index (χ2v) is 11.0. The number of hydrogen-bond acceptors (Lipinski definition) is 0. The highest BCUT2D eigenvalue weighted by Crippen LogP contribution is 2.68. The molecule has 1 aromatic rings. The Kier molecular flexibility index (Phi) is 3.62. The molecule has 4 atom stereocenters. The zero-order chi connectivity index (χ0) is 18.4. The van der Waals surface area contributed by atoms with E-state index in [-0.39, 0.29) is 0 Å². The van der Waals surface area contributed by atoms with Crippen LogP contribution in [0.5, 0.6) is 0 Å². The van der Waals surface area contributed by atoms with Crippen LogP contribution in [-0.2, 0) is 11.8 Å². The van der Waals surface area contributed by atoms with Gasteiger partial charge in [0.1, 0.15) is 0 Å². The predicted molar refractivity (Wildman–Crippen MR) is 108 cm³/mol. The first-order valence-electron chi connectivity index (χ1n) is 10.6. The summed E-state index contributed by atoms with van der Waals surface area (Å²) >= 11 is 0. The van der Waals surface area contributed by atoms with E-state index >= 15 is 0 Å². The molecule has 0 radical (unpaired) electrons. The van der Waals surface area contributed by atoms with Gasteiger partial charge < -0.3 is 0 Å². The molecule has 2 saturated carbocycles. The minimum atomic E-state index is 0.404. The summed E-state index contributed by atoms with van der Waals surface area (Å²) in [7, 11) is 0. The molecule has 0 N–H and O–H groups in total. The molecule has 25 heavy (non-hydrogen) atoms. The lowest BCUT2D eigenvalue weighted by atomic mass is 9.43. The van der Waals surface area contributed by atoms with Gasteiger partial charge >= 0.3 is 0 Å². The van der Waals surface area contributed by atoms with Crippen LogP contribution in [0.4, 0.5) is 0 Å². The Bertz CT molecular complexity index is 737. The third-order valence-electron chi connectivity index (χ3n) is 9.59. The van der Waals surface area contributed by atoms with Gasteiger partial charge in [0, 0.05) is 0 Å². The van der Waals surface area contributed by atoms with Crippen molar-refractivity contribution in [1.29, 1.82) is 0 Å². The van der Waals surface area contributed by atoms with Crippen molar-refractivity contribution in [3.8, 4) is 0 Å². The van der Waals surface area contributed by atoms with E-state index in [1.54, 1.807) is 33.4 Å². The Morgan fingerprint density at radius 3 is 2.04 bits per heavy atom. The molecular weight excluding hydrogens is 300 g/mol. The summed E-state index contributed by atoms with van der Waals surface area (Å²) in [5.74, 6) is 1.75. The van der Waals surface area contributed by atoms with E-state index in [9.17, 15) is 0 Å². The fraction of sp³-hybridized carbons (Fsp3) is 0.760. The van der Waals surface area contributed by atoms with Crippen LogP contribution in [0, 0.1) is 50.4 Å². The summed E-state index contributed by atoms with van der Waals surface area (Å²) < 4.78 is 0. The Labute approximate surface area is 155 Å². The second kappa shape index (κ2) is 5.14. The highest BCUT2D eigenvalue weighted by atomic mass is 14.7. The van der Waals surface area contributed by atoms with Crippen LogP contribution in [0.3, 0.4) is 0 Å². The van der Waals surface area contributed by atoms with Crippen LogP contribution in [0.25, 0.3) is 0 Å². The SMILES string of the molecule is Cc1c(C)c(C)c2c(c1C)CC1C2(C)CC[C@H]2C(C)(C)CCC[C@]12C. The van der Waals surface area contributed by atoms with Gasteiger partial charge in [-0.2, -0.15) is 0 Å². The quantitative estimate of drug-likeness (QED) is 0.479. The van der Waals surface area contributed by atoms with Crippen LogP contribution in [0.2, 0.25) is 0 Å². The molecular formula is C25H38. The van der Waals surface area contributed by atoms with Gasteiger partial charge in [-0.05, 0) is 121 Å². The zero-order valence-electron chi connectivity index (χ0n) is 17.9. The maximum absolute atomic E-state index is 2.68. The first-order valence-corrected chi connectivity index (χ1v) is 10.6. The maximum Gasteiger partial charge on any atom is -0.00329 e. The molecule has 2 fully saturated rings. The van der Waals surface area contributed by atoms with Crippen LogP contribution in [0.1, 0.15) is 93.2 Å². The average Bonchev–Trinajstić information content (AvgIpc) is 2.85. The Morgan fingerprint density at radius 2 is 1.36 bits per heavy atom. The maximum atomic E-state index is 2.68. The van der Waals surface area contributed by atoms with Gasteiger partial charge in [-0.3, -0.25) is 0 Å². The van der Waals surface area contributed by atoms with E-state index in [1.165, 1.54) is 38.5 Å². The molecule has 1 aromatic carbocycles. The molecule has 0 nitrogen and oxygen atoms in total. The number of fused-ring (bicyclic) bond motifs is 5. The van der Waals surface area contributed by atoms with Gasteiger partial charge in [0.25, 0.3) is 0 Å². The normalized spacial score (nSPS) is 38.9. The van der Waals surface area contributed by atoms with Crippen LogP contribution >= 0.6 is 0 Å². The Hall–Kier alpha value is -0.780. The largest absolute Gasteiger partial charge is 0.0596 e. The monoisotopic (exact) mass is 338 g/mol. The minimum absolute atomic E-state index is 0.404. The molecule has 3 aliphatic rings. The summed E-state index contributed by atoms with van der Waals surface area (Å²) in [5.41, 5.74) is 11.3. The molecule has 0 spiro atoms. The average molecular weight is 339 g/mol. The fourth-order valence-corrected chi connectivity index (χ4v) is 8.03. The molecule has 2 unspecified atom stereocenters. The number of hydrogen-bond donors (Lipinski definition) is 0. The third kappa shape index (κ3) is 2.06. The van der Waals surface area contributed by atoms with Crippen molar-refractivity contribution >= 4 is 0 Å². The lowest BCUT2D eigenvalue weighted by molar-refractivity contribution is -0.0983. The molecule has 0 aliphatic heterocycles. The molecule has 0 heteroatoms. The first kappa shape index (κ1) is 17.6. The van der Waals surface area contributed by atoms with E-state index in [0.29, 0.717) is 16.2 Å². The van der Waals surface area contributed by atoms with Crippen LogP contribution < -0.4 is 0 Å². The third-order valence-corrected chi connectivity index (χ3v) is 9.59. The number of benzene rings is 1. The smallest absolute Gasteiger partial charge is 0.00329 e. The van der Waals surface area contributed by atoms with Crippen molar-refractivity contribution in [2.24, 2.45) is 22.7 Å². The highest BCUT2D eigenvalue weighted by molar-refractivity contribution is 5.57. The van der Waals surface area contributed by atoms with Gasteiger partial charge in [0.2, 0.25) is 0 Å². The molecule has 138 valence electrons. The van der Waals surface area contributed by atoms with Crippen molar-refractivity contribution < 1.29 is 0 Å². The van der Waals surface area contributed by atoms with Crippen molar-refractivity contribution in [3.63, 3.8) is 0 Å². The summed E-state index contributed by atoms with van der Waals surface area (Å²) in [6.07, 6.45) is 8.48.